The molecule has 5 aromatic rings. The molecule has 10 heteroatoms. The summed E-state index contributed by atoms with van der Waals surface area (Å²) in [6.07, 6.45) is 3.37. The number of methoxy groups -OCH3 is 1. The van der Waals surface area contributed by atoms with Gasteiger partial charge in [0.25, 0.3) is 5.91 Å². The Morgan fingerprint density at radius 2 is 1.74 bits per heavy atom. The number of carbonyl (C=O) groups is 2. The van der Waals surface area contributed by atoms with E-state index in [0.29, 0.717) is 46.3 Å². The van der Waals surface area contributed by atoms with Gasteiger partial charge < -0.3 is 19.7 Å². The fraction of sp³-hybridized carbons (Fsp3) is 0.156. The second-order valence-corrected chi connectivity index (χ2v) is 9.46. The van der Waals surface area contributed by atoms with E-state index in [1.54, 1.807) is 42.7 Å². The second kappa shape index (κ2) is 12.4. The molecule has 2 heterocycles. The molecule has 9 nitrogen and oxygen atoms in total. The number of carbonyl (C=O) groups excluding carboxylic acids is 1. The maximum atomic E-state index is 13.8. The van der Waals surface area contributed by atoms with Crippen LogP contribution in [0.2, 0.25) is 0 Å². The molecule has 2 aromatic heterocycles. The molecule has 0 saturated heterocycles. The van der Waals surface area contributed by atoms with E-state index < -0.39 is 11.8 Å². The lowest BCUT2D eigenvalue weighted by Gasteiger charge is -2.21. The Kier molecular flexibility index (Phi) is 8.33. The average Bonchev–Trinajstić information content (AvgIpc) is 3.50. The monoisotopic (exact) mass is 565 g/mol. The topological polar surface area (TPSA) is 121 Å². The summed E-state index contributed by atoms with van der Waals surface area (Å²) in [5.41, 5.74) is 3.18. The van der Waals surface area contributed by atoms with Crippen LogP contribution in [0.1, 0.15) is 30.1 Å². The molecule has 0 aliphatic carbocycles. The number of ether oxygens (including phenoxy) is 1. The van der Waals surface area contributed by atoms with Gasteiger partial charge in [-0.3, -0.25) is 14.6 Å². The zero-order chi connectivity index (χ0) is 29.6. The number of carboxylic acids is 1. The van der Waals surface area contributed by atoms with Gasteiger partial charge >= 0.3 is 5.97 Å². The number of imidazole rings is 1. The number of nitrogens with zero attached hydrogens (tertiary/aromatic N) is 4. The van der Waals surface area contributed by atoms with Crippen molar-refractivity contribution in [2.24, 2.45) is 4.99 Å². The highest BCUT2D eigenvalue weighted by atomic mass is 19.1. The minimum Gasteiger partial charge on any atom is -0.484 e. The van der Waals surface area contributed by atoms with E-state index in [9.17, 15) is 14.0 Å². The summed E-state index contributed by atoms with van der Waals surface area (Å²) in [5, 5.41) is 11.1. The Morgan fingerprint density at radius 1 is 0.976 bits per heavy atom. The van der Waals surface area contributed by atoms with Crippen LogP contribution < -0.4 is 4.90 Å². The Hall–Kier alpha value is -5.38. The van der Waals surface area contributed by atoms with Crippen LogP contribution >= 0.6 is 0 Å². The molecule has 2 N–H and O–H groups in total. The van der Waals surface area contributed by atoms with Crippen LogP contribution in [0.15, 0.2) is 90.2 Å². The highest BCUT2D eigenvalue weighted by Crippen LogP contribution is 2.30. The van der Waals surface area contributed by atoms with Crippen LogP contribution in [-0.2, 0) is 9.53 Å². The number of aromatic nitrogens is 3. The summed E-state index contributed by atoms with van der Waals surface area (Å²) in [5.74, 6) is -0.926. The number of aliphatic carboxylic acids is 1. The lowest BCUT2D eigenvalue weighted by atomic mass is 10.1. The van der Waals surface area contributed by atoms with Crippen molar-refractivity contribution in [2.75, 3.05) is 18.6 Å². The SMILES string of the molecule is CCN(C(=O)c1cc(N=C(CCC(=O)O)OC)cc(-c2cnc(-c3cc4ccccc4cn3)[nH]2)c1)c1ccc(F)cc1. The number of benzene rings is 3. The number of nitrogens with one attached hydrogen (secondary N) is 1. The van der Waals surface area contributed by atoms with Gasteiger partial charge in [-0.15, -0.1) is 0 Å². The van der Waals surface area contributed by atoms with Crippen LogP contribution in [0, 0.1) is 5.82 Å². The first-order valence-corrected chi connectivity index (χ1v) is 13.3. The van der Waals surface area contributed by atoms with Crippen molar-refractivity contribution in [3.8, 4) is 22.8 Å². The summed E-state index contributed by atoms with van der Waals surface area (Å²) in [7, 11) is 1.42. The molecule has 0 bridgehead atoms. The average molecular weight is 566 g/mol. The first-order chi connectivity index (χ1) is 20.3. The van der Waals surface area contributed by atoms with Crippen molar-refractivity contribution in [1.29, 1.82) is 0 Å². The first-order valence-electron chi connectivity index (χ1n) is 13.3. The van der Waals surface area contributed by atoms with E-state index in [2.05, 4.69) is 19.9 Å². The van der Waals surface area contributed by atoms with Crippen LogP contribution in [0.3, 0.4) is 0 Å². The summed E-state index contributed by atoms with van der Waals surface area (Å²) in [6.45, 7) is 2.17. The summed E-state index contributed by atoms with van der Waals surface area (Å²) in [6, 6.07) is 20.6. The molecular formula is C32H28FN5O4. The highest BCUT2D eigenvalue weighted by molar-refractivity contribution is 6.07. The zero-order valence-corrected chi connectivity index (χ0v) is 23.0. The van der Waals surface area contributed by atoms with E-state index in [0.717, 1.165) is 10.8 Å². The minimum atomic E-state index is -0.977. The van der Waals surface area contributed by atoms with Crippen LogP contribution in [0.5, 0.6) is 0 Å². The molecule has 0 radical (unpaired) electrons. The molecule has 0 fully saturated rings. The Morgan fingerprint density at radius 3 is 2.45 bits per heavy atom. The van der Waals surface area contributed by atoms with Crippen molar-refractivity contribution < 1.29 is 23.8 Å². The van der Waals surface area contributed by atoms with Gasteiger partial charge in [-0.05, 0) is 60.8 Å². The number of fused-ring (bicyclic) bond motifs is 1. The third-order valence-electron chi connectivity index (χ3n) is 6.67. The van der Waals surface area contributed by atoms with Gasteiger partial charge in [0.05, 0.1) is 31.1 Å². The molecule has 212 valence electrons. The maximum Gasteiger partial charge on any atom is 0.303 e. The van der Waals surface area contributed by atoms with Crippen LogP contribution in [0.4, 0.5) is 15.8 Å². The van der Waals surface area contributed by atoms with Crippen molar-refractivity contribution in [3.05, 3.63) is 96.6 Å². The number of carboxylic acid groups (broad SMARTS) is 1. The number of aromatic amines is 1. The normalized spacial score (nSPS) is 11.5. The number of rotatable bonds is 9. The fourth-order valence-corrected chi connectivity index (χ4v) is 4.55. The van der Waals surface area contributed by atoms with Gasteiger partial charge in [-0.1, -0.05) is 24.3 Å². The smallest absolute Gasteiger partial charge is 0.303 e. The predicted octanol–water partition coefficient (Wildman–Crippen LogP) is 6.64. The molecule has 0 aliphatic rings. The number of H-pyrrole nitrogens is 1. The molecule has 3 aromatic carbocycles. The standard InChI is InChI=1S/C32H28FN5O4/c1-3-38(26-10-8-24(33)9-11-26)32(41)23-14-22(15-25(16-23)36-29(42-2)12-13-30(39)40)28-19-35-31(37-28)27-17-20-6-4-5-7-21(20)18-34-27/h4-11,14-19H,3,12-13H2,1-2H3,(H,35,37)(H,39,40). The van der Waals surface area contributed by atoms with Crippen molar-refractivity contribution in [3.63, 3.8) is 0 Å². The van der Waals surface area contributed by atoms with Crippen molar-refractivity contribution in [1.82, 2.24) is 15.0 Å². The Balaban J connectivity index is 1.56. The molecule has 1 amide bonds. The van der Waals surface area contributed by atoms with Gasteiger partial charge in [-0.25, -0.2) is 14.4 Å². The van der Waals surface area contributed by atoms with E-state index in [-0.39, 0.29) is 24.6 Å². The molecule has 42 heavy (non-hydrogen) atoms. The number of halogens is 1. The van der Waals surface area contributed by atoms with E-state index in [1.807, 2.05) is 37.3 Å². The van der Waals surface area contributed by atoms with Gasteiger partial charge in [0.2, 0.25) is 0 Å². The lowest BCUT2D eigenvalue weighted by molar-refractivity contribution is -0.136. The Labute approximate surface area is 241 Å². The number of aliphatic imine (C=N–C) groups is 1. The maximum absolute atomic E-state index is 13.8. The van der Waals surface area contributed by atoms with Gasteiger partial charge in [0.1, 0.15) is 11.5 Å². The molecule has 0 atom stereocenters. The minimum absolute atomic E-state index is 0.0812. The van der Waals surface area contributed by atoms with Crippen molar-refractivity contribution in [2.45, 2.75) is 19.8 Å². The third kappa shape index (κ3) is 6.33. The van der Waals surface area contributed by atoms with E-state index >= 15 is 0 Å². The van der Waals surface area contributed by atoms with E-state index in [4.69, 9.17) is 9.84 Å². The number of hydrogen-bond donors (Lipinski definition) is 2. The van der Waals surface area contributed by atoms with Crippen LogP contribution in [0.25, 0.3) is 33.5 Å². The predicted molar refractivity (Wildman–Crippen MR) is 159 cm³/mol. The van der Waals surface area contributed by atoms with Crippen molar-refractivity contribution >= 4 is 39.9 Å². The van der Waals surface area contributed by atoms with E-state index in [1.165, 1.54) is 24.1 Å². The third-order valence-corrected chi connectivity index (χ3v) is 6.67. The van der Waals surface area contributed by atoms with Crippen LogP contribution in [-0.4, -0.2) is 51.5 Å². The Bertz CT molecular complexity index is 1780. The number of pyridine rings is 1. The zero-order valence-electron chi connectivity index (χ0n) is 23.0. The van der Waals surface area contributed by atoms with Gasteiger partial charge in [-0.2, -0.15) is 0 Å². The lowest BCUT2D eigenvalue weighted by Crippen LogP contribution is -2.30. The quantitative estimate of drug-likeness (QED) is 0.153. The second-order valence-electron chi connectivity index (χ2n) is 9.46. The van der Waals surface area contributed by atoms with Gasteiger partial charge in [0, 0.05) is 41.4 Å². The van der Waals surface area contributed by atoms with Gasteiger partial charge in [0.15, 0.2) is 11.7 Å². The molecule has 0 saturated carbocycles. The molecule has 0 aliphatic heterocycles. The first kappa shape index (κ1) is 28.2. The summed E-state index contributed by atoms with van der Waals surface area (Å²) in [4.78, 5) is 43.3. The highest BCUT2D eigenvalue weighted by Gasteiger charge is 2.19. The number of hydrogen-bond acceptors (Lipinski definition) is 6. The largest absolute Gasteiger partial charge is 0.484 e. The molecular weight excluding hydrogens is 537 g/mol. The number of amides is 1. The summed E-state index contributed by atoms with van der Waals surface area (Å²) >= 11 is 0. The number of anilines is 1. The summed E-state index contributed by atoms with van der Waals surface area (Å²) < 4.78 is 18.9. The molecule has 0 spiro atoms. The molecule has 0 unspecified atom stereocenters. The molecule has 5 rings (SSSR count). The fourth-order valence-electron chi connectivity index (χ4n) is 4.55.